The van der Waals surface area contributed by atoms with Crippen LogP contribution in [0.4, 0.5) is 0 Å². The largest absolute Gasteiger partial charge is 0.497 e. The van der Waals surface area contributed by atoms with Gasteiger partial charge in [0.1, 0.15) is 5.75 Å². The molecule has 1 aromatic rings. The standard InChI is InChI=1S/C14H22N2O2/c1-11(14(15)17)16(2)10-4-5-12-6-8-13(18-3)9-7-12/h6-9,11H,4-5,10H2,1-3H3,(H2,15,17). The Kier molecular flexibility index (Phi) is 5.65. The monoisotopic (exact) mass is 250 g/mol. The number of carbonyl (C=O) groups is 1. The summed E-state index contributed by atoms with van der Waals surface area (Å²) in [7, 11) is 3.58. The van der Waals surface area contributed by atoms with Crippen LogP contribution < -0.4 is 10.5 Å². The van der Waals surface area contributed by atoms with Crippen LogP contribution in [0.5, 0.6) is 5.75 Å². The molecule has 0 saturated carbocycles. The molecule has 1 aromatic carbocycles. The summed E-state index contributed by atoms with van der Waals surface area (Å²) < 4.78 is 5.11. The molecular formula is C14H22N2O2. The Balaban J connectivity index is 2.34. The van der Waals surface area contributed by atoms with Gasteiger partial charge in [0.25, 0.3) is 0 Å². The molecule has 0 bridgehead atoms. The number of rotatable bonds is 7. The molecule has 1 rings (SSSR count). The predicted molar refractivity (Wildman–Crippen MR) is 72.6 cm³/mol. The van der Waals surface area contributed by atoms with E-state index in [2.05, 4.69) is 12.1 Å². The molecule has 0 aliphatic carbocycles. The molecule has 4 nitrogen and oxygen atoms in total. The van der Waals surface area contributed by atoms with Crippen molar-refractivity contribution in [3.63, 3.8) is 0 Å². The Labute approximate surface area is 109 Å². The second-order valence-electron chi connectivity index (χ2n) is 4.51. The molecule has 0 saturated heterocycles. The van der Waals surface area contributed by atoms with Gasteiger partial charge in [0.15, 0.2) is 0 Å². The molecular weight excluding hydrogens is 228 g/mol. The third kappa shape index (κ3) is 4.37. The van der Waals surface area contributed by atoms with E-state index in [1.807, 2.05) is 31.0 Å². The van der Waals surface area contributed by atoms with Crippen molar-refractivity contribution < 1.29 is 9.53 Å². The molecule has 0 fully saturated rings. The van der Waals surface area contributed by atoms with Crippen LogP contribution in [0.1, 0.15) is 18.9 Å². The van der Waals surface area contributed by atoms with E-state index >= 15 is 0 Å². The van der Waals surface area contributed by atoms with Gasteiger partial charge in [-0.15, -0.1) is 0 Å². The second-order valence-corrected chi connectivity index (χ2v) is 4.51. The number of benzene rings is 1. The van der Waals surface area contributed by atoms with E-state index in [9.17, 15) is 4.79 Å². The lowest BCUT2D eigenvalue weighted by atomic mass is 10.1. The summed E-state index contributed by atoms with van der Waals surface area (Å²) in [5.41, 5.74) is 6.53. The van der Waals surface area contributed by atoms with Crippen molar-refractivity contribution in [3.05, 3.63) is 29.8 Å². The van der Waals surface area contributed by atoms with Crippen molar-refractivity contribution in [1.82, 2.24) is 4.90 Å². The highest BCUT2D eigenvalue weighted by Crippen LogP contribution is 2.12. The first-order valence-corrected chi connectivity index (χ1v) is 6.17. The molecule has 4 heteroatoms. The zero-order valence-corrected chi connectivity index (χ0v) is 11.3. The first kappa shape index (κ1) is 14.5. The van der Waals surface area contributed by atoms with E-state index in [0.29, 0.717) is 0 Å². The number of ether oxygens (including phenoxy) is 1. The van der Waals surface area contributed by atoms with Crippen LogP contribution in [-0.2, 0) is 11.2 Å². The molecule has 0 heterocycles. The quantitative estimate of drug-likeness (QED) is 0.796. The summed E-state index contributed by atoms with van der Waals surface area (Å²) in [5.74, 6) is 0.597. The number of nitrogens with two attached hydrogens (primary N) is 1. The van der Waals surface area contributed by atoms with Crippen LogP contribution in [0.3, 0.4) is 0 Å². The Morgan fingerprint density at radius 3 is 2.50 bits per heavy atom. The summed E-state index contributed by atoms with van der Waals surface area (Å²) in [6, 6.07) is 7.85. The number of aryl methyl sites for hydroxylation is 1. The maximum atomic E-state index is 11.0. The smallest absolute Gasteiger partial charge is 0.234 e. The highest BCUT2D eigenvalue weighted by atomic mass is 16.5. The number of likely N-dealkylation sites (N-methyl/N-ethyl adjacent to an activating group) is 1. The average Bonchev–Trinajstić information content (AvgIpc) is 2.38. The number of nitrogens with zero attached hydrogens (tertiary/aromatic N) is 1. The van der Waals surface area contributed by atoms with E-state index in [-0.39, 0.29) is 11.9 Å². The van der Waals surface area contributed by atoms with Gasteiger partial charge in [0.05, 0.1) is 13.2 Å². The maximum Gasteiger partial charge on any atom is 0.234 e. The predicted octanol–water partition coefficient (Wildman–Crippen LogP) is 1.43. The topological polar surface area (TPSA) is 55.6 Å². The van der Waals surface area contributed by atoms with Crippen molar-refractivity contribution in [2.24, 2.45) is 5.73 Å². The van der Waals surface area contributed by atoms with Gasteiger partial charge in [-0.3, -0.25) is 9.69 Å². The van der Waals surface area contributed by atoms with Gasteiger partial charge in [-0.1, -0.05) is 12.1 Å². The van der Waals surface area contributed by atoms with Crippen LogP contribution in [0.2, 0.25) is 0 Å². The van der Waals surface area contributed by atoms with E-state index < -0.39 is 0 Å². The SMILES string of the molecule is COc1ccc(CCCN(C)C(C)C(N)=O)cc1. The number of amides is 1. The Bertz CT molecular complexity index is 376. The van der Waals surface area contributed by atoms with E-state index in [1.165, 1.54) is 5.56 Å². The van der Waals surface area contributed by atoms with E-state index in [1.54, 1.807) is 7.11 Å². The molecule has 1 amide bonds. The minimum atomic E-state index is -0.276. The fourth-order valence-electron chi connectivity index (χ4n) is 1.74. The van der Waals surface area contributed by atoms with Crippen molar-refractivity contribution in [1.29, 1.82) is 0 Å². The minimum absolute atomic E-state index is 0.208. The Morgan fingerprint density at radius 1 is 1.39 bits per heavy atom. The van der Waals surface area contributed by atoms with Gasteiger partial charge in [-0.25, -0.2) is 0 Å². The summed E-state index contributed by atoms with van der Waals surface area (Å²) in [5, 5.41) is 0. The third-order valence-electron chi connectivity index (χ3n) is 3.21. The van der Waals surface area contributed by atoms with Gasteiger partial charge in [0, 0.05) is 0 Å². The number of methoxy groups -OCH3 is 1. The molecule has 1 atom stereocenters. The molecule has 0 spiro atoms. The van der Waals surface area contributed by atoms with Crippen LogP contribution >= 0.6 is 0 Å². The van der Waals surface area contributed by atoms with E-state index in [0.717, 1.165) is 25.1 Å². The molecule has 0 radical (unpaired) electrons. The molecule has 2 N–H and O–H groups in total. The summed E-state index contributed by atoms with van der Waals surface area (Å²) in [4.78, 5) is 13.0. The highest BCUT2D eigenvalue weighted by Gasteiger charge is 2.13. The summed E-state index contributed by atoms with van der Waals surface area (Å²) >= 11 is 0. The van der Waals surface area contributed by atoms with Gasteiger partial charge in [0.2, 0.25) is 5.91 Å². The van der Waals surface area contributed by atoms with Crippen LogP contribution in [0.15, 0.2) is 24.3 Å². The van der Waals surface area contributed by atoms with Crippen LogP contribution in [0.25, 0.3) is 0 Å². The Morgan fingerprint density at radius 2 is 2.00 bits per heavy atom. The maximum absolute atomic E-state index is 11.0. The third-order valence-corrected chi connectivity index (χ3v) is 3.21. The zero-order chi connectivity index (χ0) is 13.5. The lowest BCUT2D eigenvalue weighted by Gasteiger charge is -2.21. The van der Waals surface area contributed by atoms with Gasteiger partial charge in [-0.05, 0) is 51.1 Å². The minimum Gasteiger partial charge on any atom is -0.497 e. The molecule has 18 heavy (non-hydrogen) atoms. The second kappa shape index (κ2) is 7.01. The number of carbonyl (C=O) groups excluding carboxylic acids is 1. The van der Waals surface area contributed by atoms with Crippen molar-refractivity contribution in [2.45, 2.75) is 25.8 Å². The highest BCUT2D eigenvalue weighted by molar-refractivity contribution is 5.79. The normalized spacial score (nSPS) is 12.4. The molecule has 0 aromatic heterocycles. The van der Waals surface area contributed by atoms with Crippen molar-refractivity contribution in [3.8, 4) is 5.75 Å². The average molecular weight is 250 g/mol. The first-order chi connectivity index (χ1) is 8.54. The molecule has 1 unspecified atom stereocenters. The van der Waals surface area contributed by atoms with Crippen LogP contribution in [-0.4, -0.2) is 37.6 Å². The Hall–Kier alpha value is -1.55. The molecule has 100 valence electrons. The number of primary amides is 1. The van der Waals surface area contributed by atoms with Crippen molar-refractivity contribution in [2.75, 3.05) is 20.7 Å². The lowest BCUT2D eigenvalue weighted by Crippen LogP contribution is -2.40. The van der Waals surface area contributed by atoms with Crippen LogP contribution in [0, 0.1) is 0 Å². The van der Waals surface area contributed by atoms with E-state index in [4.69, 9.17) is 10.5 Å². The molecule has 0 aliphatic heterocycles. The van der Waals surface area contributed by atoms with Crippen molar-refractivity contribution >= 4 is 5.91 Å². The first-order valence-electron chi connectivity index (χ1n) is 6.17. The number of hydrogen-bond donors (Lipinski definition) is 1. The summed E-state index contributed by atoms with van der Waals surface area (Å²) in [6.07, 6.45) is 1.99. The number of hydrogen-bond acceptors (Lipinski definition) is 3. The summed E-state index contributed by atoms with van der Waals surface area (Å²) in [6.45, 7) is 2.69. The molecule has 0 aliphatic rings. The lowest BCUT2D eigenvalue weighted by molar-refractivity contribution is -0.122. The zero-order valence-electron chi connectivity index (χ0n) is 11.3. The van der Waals surface area contributed by atoms with Gasteiger partial charge in [-0.2, -0.15) is 0 Å². The van der Waals surface area contributed by atoms with Gasteiger partial charge >= 0.3 is 0 Å². The fraction of sp³-hybridized carbons (Fsp3) is 0.500. The van der Waals surface area contributed by atoms with Gasteiger partial charge < -0.3 is 10.5 Å². The fourth-order valence-corrected chi connectivity index (χ4v) is 1.74.